The molecule has 0 aliphatic heterocycles. The molecule has 0 bridgehead atoms. The van der Waals surface area contributed by atoms with Crippen LogP contribution in [0, 0.1) is 0 Å². The predicted octanol–water partition coefficient (Wildman–Crippen LogP) is 2.07. The van der Waals surface area contributed by atoms with Crippen LogP contribution in [0.15, 0.2) is 0 Å². The summed E-state index contributed by atoms with van der Waals surface area (Å²) < 4.78 is 0. The maximum Gasteiger partial charge on any atom is 0.326 e. The van der Waals surface area contributed by atoms with Crippen molar-refractivity contribution >= 4 is 12.0 Å². The summed E-state index contributed by atoms with van der Waals surface area (Å²) in [6, 6.07) is -1.10. The number of carboxylic acid groups (broad SMARTS) is 1. The second-order valence-corrected chi connectivity index (χ2v) is 4.57. The Morgan fingerprint density at radius 2 is 1.76 bits per heavy atom. The van der Waals surface area contributed by atoms with Gasteiger partial charge in [-0.2, -0.15) is 0 Å². The van der Waals surface area contributed by atoms with Crippen LogP contribution >= 0.6 is 0 Å². The largest absolute Gasteiger partial charge is 0.480 e. The van der Waals surface area contributed by atoms with Crippen molar-refractivity contribution in [3.63, 3.8) is 0 Å². The summed E-state index contributed by atoms with van der Waals surface area (Å²) in [6.45, 7) is 7.71. The van der Waals surface area contributed by atoms with Gasteiger partial charge in [0, 0.05) is 12.6 Å². The maximum atomic E-state index is 11.9. The highest BCUT2D eigenvalue weighted by atomic mass is 16.4. The number of hydrogen-bond acceptors (Lipinski definition) is 2. The van der Waals surface area contributed by atoms with Gasteiger partial charge in [0.05, 0.1) is 0 Å². The van der Waals surface area contributed by atoms with Crippen molar-refractivity contribution in [1.29, 1.82) is 0 Å². The molecule has 0 aromatic heterocycles. The highest BCUT2D eigenvalue weighted by molar-refractivity contribution is 5.82. The Balaban J connectivity index is 4.65. The quantitative estimate of drug-likeness (QED) is 0.751. The fourth-order valence-corrected chi connectivity index (χ4v) is 1.53. The third kappa shape index (κ3) is 4.24. The monoisotopic (exact) mass is 244 g/mol. The number of likely N-dealkylation sites (N-methyl/N-ethyl adjacent to an activating group) is 1. The van der Waals surface area contributed by atoms with Crippen molar-refractivity contribution in [2.75, 3.05) is 7.05 Å². The van der Waals surface area contributed by atoms with Crippen LogP contribution in [0.25, 0.3) is 0 Å². The lowest BCUT2D eigenvalue weighted by atomic mass is 9.96. The van der Waals surface area contributed by atoms with E-state index in [0.29, 0.717) is 6.42 Å². The first kappa shape index (κ1) is 15.7. The zero-order valence-electron chi connectivity index (χ0n) is 11.4. The third-order valence-corrected chi connectivity index (χ3v) is 3.43. The summed E-state index contributed by atoms with van der Waals surface area (Å²) in [7, 11) is 1.52. The van der Waals surface area contributed by atoms with Gasteiger partial charge in [-0.05, 0) is 26.2 Å². The second kappa shape index (κ2) is 6.47. The van der Waals surface area contributed by atoms with Crippen molar-refractivity contribution in [2.24, 2.45) is 0 Å². The standard InChI is InChI=1S/C12H24N2O3/c1-6-9(10(15)16)14(5)11(17)13-12(4,7-2)8-3/h9H,6-8H2,1-5H3,(H,13,17)(H,15,16). The van der Waals surface area contributed by atoms with Gasteiger partial charge in [-0.15, -0.1) is 0 Å². The molecule has 0 fully saturated rings. The van der Waals surface area contributed by atoms with E-state index in [1.807, 2.05) is 20.8 Å². The Hall–Kier alpha value is -1.26. The summed E-state index contributed by atoms with van der Waals surface area (Å²) in [6.07, 6.45) is 2.02. The molecule has 100 valence electrons. The van der Waals surface area contributed by atoms with Crippen LogP contribution < -0.4 is 5.32 Å². The number of nitrogens with one attached hydrogen (secondary N) is 1. The lowest BCUT2D eigenvalue weighted by Gasteiger charge is -2.32. The highest BCUT2D eigenvalue weighted by Crippen LogP contribution is 2.14. The number of carboxylic acids is 1. The smallest absolute Gasteiger partial charge is 0.326 e. The molecular formula is C12H24N2O3. The summed E-state index contributed by atoms with van der Waals surface area (Å²) in [5.41, 5.74) is -0.276. The van der Waals surface area contributed by atoms with Crippen molar-refractivity contribution < 1.29 is 14.7 Å². The Labute approximate surface area is 103 Å². The fourth-order valence-electron chi connectivity index (χ4n) is 1.53. The summed E-state index contributed by atoms with van der Waals surface area (Å²) in [5, 5.41) is 11.9. The number of carbonyl (C=O) groups excluding carboxylic acids is 1. The molecule has 0 aromatic rings. The normalized spacial score (nSPS) is 13.0. The van der Waals surface area contributed by atoms with Crippen LogP contribution in [0.3, 0.4) is 0 Å². The van der Waals surface area contributed by atoms with Gasteiger partial charge in [-0.3, -0.25) is 0 Å². The van der Waals surface area contributed by atoms with E-state index in [0.717, 1.165) is 12.8 Å². The lowest BCUT2D eigenvalue weighted by Crippen LogP contribution is -2.54. The molecule has 0 heterocycles. The van der Waals surface area contributed by atoms with Gasteiger partial charge in [0.2, 0.25) is 0 Å². The molecule has 2 N–H and O–H groups in total. The van der Waals surface area contributed by atoms with E-state index >= 15 is 0 Å². The van der Waals surface area contributed by atoms with Crippen LogP contribution in [0.1, 0.15) is 47.0 Å². The minimum absolute atomic E-state index is 0.276. The van der Waals surface area contributed by atoms with Crippen LogP contribution in [0.2, 0.25) is 0 Å². The molecule has 0 rings (SSSR count). The molecule has 1 atom stereocenters. The van der Waals surface area contributed by atoms with E-state index in [4.69, 9.17) is 5.11 Å². The average molecular weight is 244 g/mol. The number of carbonyl (C=O) groups is 2. The zero-order valence-corrected chi connectivity index (χ0v) is 11.4. The van der Waals surface area contributed by atoms with Gasteiger partial charge in [-0.1, -0.05) is 20.8 Å². The first-order valence-electron chi connectivity index (χ1n) is 6.09. The van der Waals surface area contributed by atoms with Gasteiger partial charge in [0.25, 0.3) is 0 Å². The van der Waals surface area contributed by atoms with Gasteiger partial charge in [0.15, 0.2) is 0 Å². The van der Waals surface area contributed by atoms with Crippen molar-refractivity contribution in [3.05, 3.63) is 0 Å². The van der Waals surface area contributed by atoms with Gasteiger partial charge < -0.3 is 15.3 Å². The van der Waals surface area contributed by atoms with Crippen LogP contribution in [0.5, 0.6) is 0 Å². The third-order valence-electron chi connectivity index (χ3n) is 3.43. The molecule has 0 radical (unpaired) electrons. The summed E-state index contributed by atoms with van der Waals surface area (Å²) in [5.74, 6) is -0.972. The Bertz CT molecular complexity index is 275. The minimum atomic E-state index is -0.972. The van der Waals surface area contributed by atoms with E-state index in [-0.39, 0.29) is 11.6 Å². The van der Waals surface area contributed by atoms with Crippen molar-refractivity contribution in [2.45, 2.75) is 58.5 Å². The number of urea groups is 1. The molecule has 17 heavy (non-hydrogen) atoms. The molecule has 5 nitrogen and oxygen atoms in total. The molecule has 2 amide bonds. The molecule has 0 saturated carbocycles. The summed E-state index contributed by atoms with van der Waals surface area (Å²) in [4.78, 5) is 24.1. The van der Waals surface area contributed by atoms with Crippen LogP contribution in [0.4, 0.5) is 4.79 Å². The molecule has 0 aliphatic carbocycles. The molecule has 0 aromatic carbocycles. The van der Waals surface area contributed by atoms with Crippen LogP contribution in [-0.2, 0) is 4.79 Å². The lowest BCUT2D eigenvalue weighted by molar-refractivity contribution is -0.141. The van der Waals surface area contributed by atoms with E-state index in [9.17, 15) is 9.59 Å². The Kier molecular flexibility index (Phi) is 5.99. The summed E-state index contributed by atoms with van der Waals surface area (Å²) >= 11 is 0. The predicted molar refractivity (Wildman–Crippen MR) is 67.0 cm³/mol. The molecule has 5 heteroatoms. The van der Waals surface area contributed by atoms with Crippen molar-refractivity contribution in [1.82, 2.24) is 10.2 Å². The molecule has 0 aliphatic rings. The van der Waals surface area contributed by atoms with Gasteiger partial charge in [-0.25, -0.2) is 9.59 Å². The molecule has 0 spiro atoms. The zero-order chi connectivity index (χ0) is 13.6. The number of rotatable bonds is 6. The highest BCUT2D eigenvalue weighted by Gasteiger charge is 2.29. The SMILES string of the molecule is CCC(C(=O)O)N(C)C(=O)NC(C)(CC)CC. The first-order valence-corrected chi connectivity index (χ1v) is 6.09. The minimum Gasteiger partial charge on any atom is -0.480 e. The van der Waals surface area contributed by atoms with Gasteiger partial charge in [0.1, 0.15) is 6.04 Å². The number of aliphatic carboxylic acids is 1. The number of nitrogens with zero attached hydrogens (tertiary/aromatic N) is 1. The number of amides is 2. The second-order valence-electron chi connectivity index (χ2n) is 4.57. The first-order chi connectivity index (χ1) is 7.81. The van der Waals surface area contributed by atoms with Gasteiger partial charge >= 0.3 is 12.0 Å². The Morgan fingerprint density at radius 1 is 1.29 bits per heavy atom. The van der Waals surface area contributed by atoms with E-state index in [1.54, 1.807) is 6.92 Å². The number of hydrogen-bond donors (Lipinski definition) is 2. The fraction of sp³-hybridized carbons (Fsp3) is 0.833. The topological polar surface area (TPSA) is 69.6 Å². The van der Waals surface area contributed by atoms with E-state index < -0.39 is 12.0 Å². The van der Waals surface area contributed by atoms with Crippen LogP contribution in [-0.4, -0.2) is 40.6 Å². The average Bonchev–Trinajstić information content (AvgIpc) is 2.29. The molecule has 0 saturated heterocycles. The Morgan fingerprint density at radius 3 is 2.06 bits per heavy atom. The maximum absolute atomic E-state index is 11.9. The van der Waals surface area contributed by atoms with E-state index in [1.165, 1.54) is 11.9 Å². The van der Waals surface area contributed by atoms with Crippen molar-refractivity contribution in [3.8, 4) is 0 Å². The van der Waals surface area contributed by atoms with E-state index in [2.05, 4.69) is 5.32 Å². The molecular weight excluding hydrogens is 220 g/mol. The molecule has 1 unspecified atom stereocenters.